The molecule has 1 fully saturated rings. The molecule has 1 aliphatic rings. The smallest absolute Gasteiger partial charge is 0.329 e. The van der Waals surface area contributed by atoms with Gasteiger partial charge in [0.25, 0.3) is 0 Å². The summed E-state index contributed by atoms with van der Waals surface area (Å²) in [6.45, 7) is 4.25. The van der Waals surface area contributed by atoms with Gasteiger partial charge in [0.05, 0.1) is 6.54 Å². The van der Waals surface area contributed by atoms with Gasteiger partial charge in [-0.2, -0.15) is 0 Å². The molecule has 0 spiro atoms. The van der Waals surface area contributed by atoms with E-state index >= 15 is 0 Å². The highest BCUT2D eigenvalue weighted by atomic mass is 16.4. The number of hydrogen-bond donors (Lipinski definition) is 1. The third-order valence-corrected chi connectivity index (χ3v) is 3.85. The van der Waals surface area contributed by atoms with E-state index in [1.807, 2.05) is 19.1 Å². The lowest BCUT2D eigenvalue weighted by Gasteiger charge is -2.34. The molecule has 1 atom stereocenters. The Labute approximate surface area is 118 Å². The van der Waals surface area contributed by atoms with Crippen molar-refractivity contribution in [2.24, 2.45) is 0 Å². The molecule has 1 aromatic rings. The van der Waals surface area contributed by atoms with E-state index in [2.05, 4.69) is 0 Å². The van der Waals surface area contributed by atoms with Gasteiger partial charge in [-0.25, -0.2) is 9.59 Å². The van der Waals surface area contributed by atoms with Crippen molar-refractivity contribution in [3.63, 3.8) is 0 Å². The van der Waals surface area contributed by atoms with Crippen LogP contribution >= 0.6 is 0 Å². The van der Waals surface area contributed by atoms with Crippen LogP contribution in [0.3, 0.4) is 0 Å². The van der Waals surface area contributed by atoms with Gasteiger partial charge < -0.3 is 19.3 Å². The fourth-order valence-corrected chi connectivity index (χ4v) is 2.57. The minimum absolute atomic E-state index is 0.276. The maximum absolute atomic E-state index is 12.4. The Bertz CT molecular complexity index is 525. The summed E-state index contributed by atoms with van der Waals surface area (Å²) in [5.74, 6) is 0.526. The summed E-state index contributed by atoms with van der Waals surface area (Å²) < 4.78 is 5.44. The Hall–Kier alpha value is -1.98. The van der Waals surface area contributed by atoms with Crippen LogP contribution in [0.2, 0.25) is 0 Å². The SMILES string of the molecule is Cc1ccc(CN(C)C(=O)N2CCCC2(C)C(=O)O)o1. The lowest BCUT2D eigenvalue weighted by molar-refractivity contribution is -0.147. The maximum Gasteiger partial charge on any atom is 0.329 e. The molecule has 2 amide bonds. The van der Waals surface area contributed by atoms with E-state index in [0.29, 0.717) is 31.7 Å². The second-order valence-corrected chi connectivity index (χ2v) is 5.49. The van der Waals surface area contributed by atoms with Crippen LogP contribution in [0.4, 0.5) is 4.79 Å². The first-order chi connectivity index (χ1) is 9.34. The van der Waals surface area contributed by atoms with Gasteiger partial charge in [0.15, 0.2) is 0 Å². The number of amides is 2. The van der Waals surface area contributed by atoms with Gasteiger partial charge in [-0.3, -0.25) is 0 Å². The minimum atomic E-state index is -1.11. The number of aryl methyl sites for hydroxylation is 1. The van der Waals surface area contributed by atoms with Crippen LogP contribution < -0.4 is 0 Å². The van der Waals surface area contributed by atoms with E-state index in [1.165, 1.54) is 9.80 Å². The molecule has 0 aliphatic carbocycles. The summed E-state index contributed by atoms with van der Waals surface area (Å²) in [5.41, 5.74) is -1.11. The molecule has 1 saturated heterocycles. The van der Waals surface area contributed by atoms with Crippen LogP contribution in [-0.2, 0) is 11.3 Å². The van der Waals surface area contributed by atoms with E-state index in [0.717, 1.165) is 5.76 Å². The van der Waals surface area contributed by atoms with Crippen molar-refractivity contribution in [1.82, 2.24) is 9.80 Å². The molecule has 110 valence electrons. The van der Waals surface area contributed by atoms with Crippen molar-refractivity contribution in [1.29, 1.82) is 0 Å². The first kappa shape index (κ1) is 14.4. The molecular weight excluding hydrogens is 260 g/mol. The van der Waals surface area contributed by atoms with Crippen molar-refractivity contribution < 1.29 is 19.1 Å². The average molecular weight is 280 g/mol. The second-order valence-electron chi connectivity index (χ2n) is 5.49. The van der Waals surface area contributed by atoms with Crippen LogP contribution in [0.15, 0.2) is 16.5 Å². The molecular formula is C14H20N2O4. The molecule has 6 heteroatoms. The van der Waals surface area contributed by atoms with Crippen LogP contribution in [-0.4, -0.2) is 46.0 Å². The third-order valence-electron chi connectivity index (χ3n) is 3.85. The second kappa shape index (κ2) is 5.19. The molecule has 0 radical (unpaired) electrons. The molecule has 1 aromatic heterocycles. The molecule has 0 bridgehead atoms. The topological polar surface area (TPSA) is 74.0 Å². The summed E-state index contributed by atoms with van der Waals surface area (Å²) in [6, 6.07) is 3.38. The fraction of sp³-hybridized carbons (Fsp3) is 0.571. The van der Waals surface area contributed by atoms with E-state index < -0.39 is 11.5 Å². The first-order valence-electron chi connectivity index (χ1n) is 6.66. The highest BCUT2D eigenvalue weighted by Gasteiger charge is 2.46. The number of carboxylic acids is 1. The molecule has 0 saturated carbocycles. The number of hydrogen-bond acceptors (Lipinski definition) is 3. The number of carbonyl (C=O) groups excluding carboxylic acids is 1. The number of rotatable bonds is 3. The summed E-state index contributed by atoms with van der Waals surface area (Å²) >= 11 is 0. The van der Waals surface area contributed by atoms with Crippen LogP contribution in [0.1, 0.15) is 31.3 Å². The number of urea groups is 1. The molecule has 2 rings (SSSR count). The Morgan fingerprint density at radius 2 is 2.20 bits per heavy atom. The number of carboxylic acid groups (broad SMARTS) is 1. The van der Waals surface area contributed by atoms with Crippen LogP contribution in [0.25, 0.3) is 0 Å². The lowest BCUT2D eigenvalue weighted by Crippen LogP contribution is -2.54. The molecule has 2 heterocycles. The highest BCUT2D eigenvalue weighted by Crippen LogP contribution is 2.30. The highest BCUT2D eigenvalue weighted by molar-refractivity contribution is 5.86. The van der Waals surface area contributed by atoms with Gasteiger partial charge in [0.2, 0.25) is 0 Å². The molecule has 1 unspecified atom stereocenters. The summed E-state index contributed by atoms with van der Waals surface area (Å²) in [6.07, 6.45) is 1.20. The number of aliphatic carboxylic acids is 1. The van der Waals surface area contributed by atoms with Gasteiger partial charge in [-0.15, -0.1) is 0 Å². The fourth-order valence-electron chi connectivity index (χ4n) is 2.57. The quantitative estimate of drug-likeness (QED) is 0.920. The van der Waals surface area contributed by atoms with E-state index in [4.69, 9.17) is 4.42 Å². The number of furan rings is 1. The van der Waals surface area contributed by atoms with E-state index in [9.17, 15) is 14.7 Å². The summed E-state index contributed by atoms with van der Waals surface area (Å²) in [4.78, 5) is 26.7. The molecule has 1 aliphatic heterocycles. The number of nitrogens with zero attached hydrogens (tertiary/aromatic N) is 2. The van der Waals surface area contributed by atoms with Crippen molar-refractivity contribution in [2.75, 3.05) is 13.6 Å². The zero-order valence-corrected chi connectivity index (χ0v) is 12.0. The monoisotopic (exact) mass is 280 g/mol. The minimum Gasteiger partial charge on any atom is -0.480 e. The zero-order chi connectivity index (χ0) is 14.9. The van der Waals surface area contributed by atoms with Crippen molar-refractivity contribution in [3.05, 3.63) is 23.7 Å². The Balaban J connectivity index is 2.08. The lowest BCUT2D eigenvalue weighted by atomic mass is 10.00. The normalized spacial score (nSPS) is 22.1. The summed E-state index contributed by atoms with van der Waals surface area (Å²) in [5, 5.41) is 9.34. The van der Waals surface area contributed by atoms with Gasteiger partial charge in [-0.05, 0) is 38.8 Å². The van der Waals surface area contributed by atoms with Crippen LogP contribution in [0.5, 0.6) is 0 Å². The van der Waals surface area contributed by atoms with Crippen molar-refractivity contribution >= 4 is 12.0 Å². The third kappa shape index (κ3) is 2.50. The Kier molecular flexibility index (Phi) is 3.74. The number of carbonyl (C=O) groups is 2. The largest absolute Gasteiger partial charge is 0.480 e. The zero-order valence-electron chi connectivity index (χ0n) is 12.0. The predicted octanol–water partition coefficient (Wildman–Crippen LogP) is 2.08. The Morgan fingerprint density at radius 3 is 2.75 bits per heavy atom. The van der Waals surface area contributed by atoms with Gasteiger partial charge in [-0.1, -0.05) is 0 Å². The molecule has 1 N–H and O–H groups in total. The summed E-state index contributed by atoms with van der Waals surface area (Å²) in [7, 11) is 1.65. The van der Waals surface area contributed by atoms with Gasteiger partial charge in [0, 0.05) is 13.6 Å². The van der Waals surface area contributed by atoms with Crippen molar-refractivity contribution in [2.45, 2.75) is 38.8 Å². The number of likely N-dealkylation sites (tertiary alicyclic amines) is 1. The Morgan fingerprint density at radius 1 is 1.50 bits per heavy atom. The molecule has 20 heavy (non-hydrogen) atoms. The predicted molar refractivity (Wildman–Crippen MR) is 72.3 cm³/mol. The van der Waals surface area contributed by atoms with Crippen molar-refractivity contribution in [3.8, 4) is 0 Å². The van der Waals surface area contributed by atoms with Gasteiger partial charge in [0.1, 0.15) is 17.1 Å². The molecule has 6 nitrogen and oxygen atoms in total. The van der Waals surface area contributed by atoms with Crippen LogP contribution in [0, 0.1) is 6.92 Å². The molecule has 0 aromatic carbocycles. The van der Waals surface area contributed by atoms with E-state index in [1.54, 1.807) is 14.0 Å². The first-order valence-corrected chi connectivity index (χ1v) is 6.66. The standard InChI is InChI=1S/C14H20N2O4/c1-10-5-6-11(20-10)9-15(3)13(19)16-8-4-7-14(16,2)12(17)18/h5-6H,4,7-9H2,1-3H3,(H,17,18). The average Bonchev–Trinajstić information content (AvgIpc) is 2.95. The van der Waals surface area contributed by atoms with Gasteiger partial charge >= 0.3 is 12.0 Å². The van der Waals surface area contributed by atoms with E-state index in [-0.39, 0.29) is 6.03 Å². The maximum atomic E-state index is 12.4.